The Bertz CT molecular complexity index is 434. The molecule has 2 atom stereocenters. The first-order chi connectivity index (χ1) is 7.99. The standard InChI is InChI=1S/C13H19N3O/c1-8-3-4-10(13(15)17)12(5-8)16-6-9(2)11(14)7-16/h3-5,9,11H,6-7,14H2,1-2H3,(H2,15,17). The Morgan fingerprint density at radius 2 is 2.12 bits per heavy atom. The van der Waals surface area contributed by atoms with Gasteiger partial charge in [0, 0.05) is 24.8 Å². The highest BCUT2D eigenvalue weighted by Crippen LogP contribution is 2.27. The van der Waals surface area contributed by atoms with Crippen LogP contribution in [0.15, 0.2) is 18.2 Å². The van der Waals surface area contributed by atoms with Crippen LogP contribution in [-0.2, 0) is 0 Å². The molecule has 1 aliphatic heterocycles. The van der Waals surface area contributed by atoms with Crippen molar-refractivity contribution in [2.45, 2.75) is 19.9 Å². The number of hydrogen-bond donors (Lipinski definition) is 2. The second-order valence-corrected chi connectivity index (χ2v) is 4.93. The van der Waals surface area contributed by atoms with Crippen LogP contribution < -0.4 is 16.4 Å². The predicted octanol–water partition coefficient (Wildman–Crippen LogP) is 0.877. The van der Waals surface area contributed by atoms with E-state index in [1.165, 1.54) is 0 Å². The Morgan fingerprint density at radius 1 is 1.41 bits per heavy atom. The van der Waals surface area contributed by atoms with Gasteiger partial charge in [-0.3, -0.25) is 4.79 Å². The molecule has 0 aromatic heterocycles. The maximum absolute atomic E-state index is 11.4. The topological polar surface area (TPSA) is 72.4 Å². The molecular weight excluding hydrogens is 214 g/mol. The third kappa shape index (κ3) is 2.26. The zero-order valence-electron chi connectivity index (χ0n) is 10.3. The van der Waals surface area contributed by atoms with Gasteiger partial charge in [-0.25, -0.2) is 0 Å². The summed E-state index contributed by atoms with van der Waals surface area (Å²) in [6, 6.07) is 5.87. The van der Waals surface area contributed by atoms with Crippen molar-refractivity contribution >= 4 is 11.6 Å². The first-order valence-corrected chi connectivity index (χ1v) is 5.90. The fourth-order valence-electron chi connectivity index (χ4n) is 2.30. The van der Waals surface area contributed by atoms with E-state index in [-0.39, 0.29) is 11.9 Å². The number of anilines is 1. The molecule has 1 aromatic rings. The lowest BCUT2D eigenvalue weighted by molar-refractivity contribution is 0.100. The van der Waals surface area contributed by atoms with Crippen LogP contribution in [-0.4, -0.2) is 25.0 Å². The summed E-state index contributed by atoms with van der Waals surface area (Å²) in [6.45, 7) is 5.80. The molecule has 92 valence electrons. The Labute approximate surface area is 102 Å². The normalized spacial score (nSPS) is 24.1. The van der Waals surface area contributed by atoms with Crippen molar-refractivity contribution < 1.29 is 4.79 Å². The highest BCUT2D eigenvalue weighted by Gasteiger charge is 2.28. The molecule has 0 saturated carbocycles. The third-order valence-corrected chi connectivity index (χ3v) is 3.43. The Kier molecular flexibility index (Phi) is 3.07. The lowest BCUT2D eigenvalue weighted by Gasteiger charge is -2.21. The molecule has 2 rings (SSSR count). The van der Waals surface area contributed by atoms with Gasteiger partial charge in [0.15, 0.2) is 0 Å². The third-order valence-electron chi connectivity index (χ3n) is 3.43. The molecule has 0 aliphatic carbocycles. The molecule has 2 unspecified atom stereocenters. The van der Waals surface area contributed by atoms with Crippen LogP contribution in [0.4, 0.5) is 5.69 Å². The van der Waals surface area contributed by atoms with Crippen LogP contribution in [0.1, 0.15) is 22.8 Å². The van der Waals surface area contributed by atoms with E-state index < -0.39 is 0 Å². The zero-order valence-corrected chi connectivity index (χ0v) is 10.3. The fourth-order valence-corrected chi connectivity index (χ4v) is 2.30. The summed E-state index contributed by atoms with van der Waals surface area (Å²) in [6.07, 6.45) is 0. The lowest BCUT2D eigenvalue weighted by Crippen LogP contribution is -2.29. The summed E-state index contributed by atoms with van der Waals surface area (Å²) in [5.41, 5.74) is 14.0. The summed E-state index contributed by atoms with van der Waals surface area (Å²) >= 11 is 0. The molecule has 17 heavy (non-hydrogen) atoms. The van der Waals surface area contributed by atoms with Crippen molar-refractivity contribution in [1.29, 1.82) is 0 Å². The number of amides is 1. The number of nitrogens with zero attached hydrogens (tertiary/aromatic N) is 1. The molecule has 4 N–H and O–H groups in total. The summed E-state index contributed by atoms with van der Waals surface area (Å²) < 4.78 is 0. The van der Waals surface area contributed by atoms with E-state index in [4.69, 9.17) is 11.5 Å². The molecule has 1 saturated heterocycles. The summed E-state index contributed by atoms with van der Waals surface area (Å²) in [5.74, 6) is 0.0596. The van der Waals surface area contributed by atoms with Gasteiger partial charge in [0.25, 0.3) is 5.91 Å². The first kappa shape index (κ1) is 11.9. The molecule has 0 bridgehead atoms. The highest BCUT2D eigenvalue weighted by molar-refractivity contribution is 5.98. The second kappa shape index (κ2) is 4.37. The van der Waals surface area contributed by atoms with Crippen molar-refractivity contribution in [2.24, 2.45) is 17.4 Å². The summed E-state index contributed by atoms with van der Waals surface area (Å²) in [5, 5.41) is 0. The Morgan fingerprint density at radius 3 is 2.65 bits per heavy atom. The van der Waals surface area contributed by atoms with Crippen molar-refractivity contribution in [1.82, 2.24) is 0 Å². The van der Waals surface area contributed by atoms with Gasteiger partial charge in [-0.1, -0.05) is 13.0 Å². The minimum absolute atomic E-state index is 0.163. The molecule has 0 spiro atoms. The van der Waals surface area contributed by atoms with E-state index >= 15 is 0 Å². The number of rotatable bonds is 2. The lowest BCUT2D eigenvalue weighted by atomic mass is 10.1. The largest absolute Gasteiger partial charge is 0.369 e. The van der Waals surface area contributed by atoms with Crippen molar-refractivity contribution in [3.8, 4) is 0 Å². The number of hydrogen-bond acceptors (Lipinski definition) is 3. The van der Waals surface area contributed by atoms with Crippen LogP contribution in [0, 0.1) is 12.8 Å². The van der Waals surface area contributed by atoms with Crippen LogP contribution >= 0.6 is 0 Å². The van der Waals surface area contributed by atoms with Gasteiger partial charge >= 0.3 is 0 Å². The highest BCUT2D eigenvalue weighted by atomic mass is 16.1. The maximum Gasteiger partial charge on any atom is 0.250 e. The van der Waals surface area contributed by atoms with Gasteiger partial charge in [0.05, 0.1) is 5.56 Å². The second-order valence-electron chi connectivity index (χ2n) is 4.93. The number of primary amides is 1. The number of carbonyl (C=O) groups excluding carboxylic acids is 1. The van der Waals surface area contributed by atoms with Crippen molar-refractivity contribution in [2.75, 3.05) is 18.0 Å². The molecule has 1 aromatic carbocycles. The zero-order chi connectivity index (χ0) is 12.6. The molecule has 1 fully saturated rings. The average molecular weight is 233 g/mol. The number of nitrogens with two attached hydrogens (primary N) is 2. The molecular formula is C13H19N3O. The smallest absolute Gasteiger partial charge is 0.250 e. The van der Waals surface area contributed by atoms with E-state index in [0.717, 1.165) is 24.3 Å². The van der Waals surface area contributed by atoms with Gasteiger partial charge < -0.3 is 16.4 Å². The van der Waals surface area contributed by atoms with E-state index in [1.807, 2.05) is 19.1 Å². The molecule has 4 nitrogen and oxygen atoms in total. The van der Waals surface area contributed by atoms with Crippen LogP contribution in [0.5, 0.6) is 0 Å². The van der Waals surface area contributed by atoms with Gasteiger partial charge in [-0.05, 0) is 30.5 Å². The first-order valence-electron chi connectivity index (χ1n) is 5.90. The predicted molar refractivity (Wildman–Crippen MR) is 69.0 cm³/mol. The van der Waals surface area contributed by atoms with Crippen LogP contribution in [0.2, 0.25) is 0 Å². The quantitative estimate of drug-likeness (QED) is 0.796. The number of aryl methyl sites for hydroxylation is 1. The van der Waals surface area contributed by atoms with Crippen LogP contribution in [0.3, 0.4) is 0 Å². The SMILES string of the molecule is Cc1ccc(C(N)=O)c(N2CC(C)C(N)C2)c1. The van der Waals surface area contributed by atoms with Crippen molar-refractivity contribution in [3.63, 3.8) is 0 Å². The monoisotopic (exact) mass is 233 g/mol. The van der Waals surface area contributed by atoms with E-state index in [1.54, 1.807) is 6.07 Å². The average Bonchev–Trinajstić information content (AvgIpc) is 2.58. The number of benzene rings is 1. The molecule has 1 aliphatic rings. The molecule has 1 heterocycles. The van der Waals surface area contributed by atoms with Gasteiger partial charge in [0.2, 0.25) is 0 Å². The summed E-state index contributed by atoms with van der Waals surface area (Å²) in [7, 11) is 0. The Hall–Kier alpha value is -1.55. The van der Waals surface area contributed by atoms with Gasteiger partial charge in [0.1, 0.15) is 0 Å². The van der Waals surface area contributed by atoms with E-state index in [2.05, 4.69) is 11.8 Å². The molecule has 1 amide bonds. The Balaban J connectivity index is 2.37. The van der Waals surface area contributed by atoms with Crippen LogP contribution in [0.25, 0.3) is 0 Å². The fraction of sp³-hybridized carbons (Fsp3) is 0.462. The minimum atomic E-state index is -0.381. The van der Waals surface area contributed by atoms with E-state index in [9.17, 15) is 4.79 Å². The number of carbonyl (C=O) groups is 1. The molecule has 0 radical (unpaired) electrons. The van der Waals surface area contributed by atoms with Crippen molar-refractivity contribution in [3.05, 3.63) is 29.3 Å². The summed E-state index contributed by atoms with van der Waals surface area (Å²) in [4.78, 5) is 13.6. The molecule has 4 heteroatoms. The van der Waals surface area contributed by atoms with Gasteiger partial charge in [-0.15, -0.1) is 0 Å². The van der Waals surface area contributed by atoms with Gasteiger partial charge in [-0.2, -0.15) is 0 Å². The minimum Gasteiger partial charge on any atom is -0.369 e. The van der Waals surface area contributed by atoms with E-state index in [0.29, 0.717) is 11.5 Å². The maximum atomic E-state index is 11.4.